The Balaban J connectivity index is 1.66. The summed E-state index contributed by atoms with van der Waals surface area (Å²) in [5.41, 5.74) is 1.66. The van der Waals surface area contributed by atoms with Gasteiger partial charge in [0.1, 0.15) is 0 Å². The molecule has 2 aliphatic rings. The van der Waals surface area contributed by atoms with Crippen LogP contribution in [0.4, 0.5) is 5.95 Å². The zero-order chi connectivity index (χ0) is 26.1. The first-order chi connectivity index (χ1) is 17.1. The van der Waals surface area contributed by atoms with Crippen LogP contribution in [0, 0.1) is 5.92 Å². The quantitative estimate of drug-likeness (QED) is 0.592. The summed E-state index contributed by atoms with van der Waals surface area (Å²) in [7, 11) is 1.66. The number of hydrogen-bond acceptors (Lipinski definition) is 5. The van der Waals surface area contributed by atoms with Gasteiger partial charge in [-0.25, -0.2) is 4.98 Å². The van der Waals surface area contributed by atoms with Gasteiger partial charge in [0.15, 0.2) is 0 Å². The molecule has 194 valence electrons. The number of amides is 2. The zero-order valence-electron chi connectivity index (χ0n) is 21.1. The molecule has 0 saturated heterocycles. The zero-order valence-corrected chi connectivity index (χ0v) is 22.6. The number of halogens is 2. The van der Waals surface area contributed by atoms with Crippen molar-refractivity contribution < 1.29 is 9.59 Å². The van der Waals surface area contributed by atoms with Gasteiger partial charge in [-0.3, -0.25) is 19.0 Å². The van der Waals surface area contributed by atoms with E-state index in [2.05, 4.69) is 10.6 Å². The SMILES string of the molecule is CNC(=O)[C@H]1CC[C@H](n2c(NC(C)C)nc3c(c2=O)C[C@@H](C)N(C(=O)c2ccc(Cl)c(Cl)c2)C3)CC1. The molecule has 2 amide bonds. The van der Waals surface area contributed by atoms with Crippen molar-refractivity contribution in [3.63, 3.8) is 0 Å². The first kappa shape index (κ1) is 26.5. The van der Waals surface area contributed by atoms with Gasteiger partial charge in [-0.1, -0.05) is 23.2 Å². The molecule has 1 saturated carbocycles. The number of benzene rings is 1. The smallest absolute Gasteiger partial charge is 0.258 e. The molecule has 1 aromatic carbocycles. The third-order valence-electron chi connectivity index (χ3n) is 7.17. The van der Waals surface area contributed by atoms with E-state index in [1.165, 1.54) is 0 Å². The second-order valence-corrected chi connectivity index (χ2v) is 10.9. The van der Waals surface area contributed by atoms with E-state index in [9.17, 15) is 14.4 Å². The maximum atomic E-state index is 13.8. The highest BCUT2D eigenvalue weighted by Gasteiger charge is 2.34. The van der Waals surface area contributed by atoms with Crippen LogP contribution in [-0.4, -0.2) is 45.4 Å². The fourth-order valence-electron chi connectivity index (χ4n) is 5.24. The van der Waals surface area contributed by atoms with Crippen molar-refractivity contribution >= 4 is 41.0 Å². The second kappa shape index (κ2) is 10.8. The van der Waals surface area contributed by atoms with Crippen LogP contribution in [0.2, 0.25) is 10.0 Å². The summed E-state index contributed by atoms with van der Waals surface area (Å²) in [5, 5.41) is 6.79. The van der Waals surface area contributed by atoms with E-state index < -0.39 is 0 Å². The van der Waals surface area contributed by atoms with Crippen molar-refractivity contribution in [2.24, 2.45) is 5.92 Å². The lowest BCUT2D eigenvalue weighted by Gasteiger charge is -2.36. The van der Waals surface area contributed by atoms with E-state index in [1.54, 1.807) is 34.7 Å². The molecule has 0 bridgehead atoms. The van der Waals surface area contributed by atoms with Crippen LogP contribution in [0.5, 0.6) is 0 Å². The highest BCUT2D eigenvalue weighted by Crippen LogP contribution is 2.34. The molecule has 8 nitrogen and oxygen atoms in total. The van der Waals surface area contributed by atoms with Crippen LogP contribution in [0.3, 0.4) is 0 Å². The standard InChI is InChI=1S/C26H33Cl2N5O3/c1-14(2)30-26-31-22-13-32(24(35)17-7-10-20(27)21(28)12-17)15(3)11-19(22)25(36)33(26)18-8-5-16(6-9-18)23(34)29-4/h7,10,12,14-16,18H,5-6,8-9,11,13H2,1-4H3,(H,29,34)(H,30,31)/t15-,16-,18-/m1/s1. The average molecular weight is 534 g/mol. The number of rotatable bonds is 5. The molecular formula is C26H33Cl2N5O3. The molecule has 1 aliphatic heterocycles. The van der Waals surface area contributed by atoms with Gasteiger partial charge >= 0.3 is 0 Å². The van der Waals surface area contributed by atoms with Gasteiger partial charge < -0.3 is 15.5 Å². The molecule has 0 radical (unpaired) electrons. The number of carbonyl (C=O) groups is 2. The Morgan fingerprint density at radius 2 is 1.81 bits per heavy atom. The second-order valence-electron chi connectivity index (χ2n) is 10.1. The third kappa shape index (κ3) is 5.25. The fourth-order valence-corrected chi connectivity index (χ4v) is 5.54. The largest absolute Gasteiger partial charge is 0.359 e. The first-order valence-electron chi connectivity index (χ1n) is 12.5. The van der Waals surface area contributed by atoms with E-state index in [-0.39, 0.29) is 48.0 Å². The number of anilines is 1. The summed E-state index contributed by atoms with van der Waals surface area (Å²) in [4.78, 5) is 45.9. The minimum absolute atomic E-state index is 0.0185. The fraction of sp³-hybridized carbons (Fsp3) is 0.538. The molecule has 2 N–H and O–H groups in total. The molecule has 2 aromatic rings. The number of nitrogens with one attached hydrogen (secondary N) is 2. The van der Waals surface area contributed by atoms with Gasteiger partial charge in [-0.05, 0) is 71.1 Å². The first-order valence-corrected chi connectivity index (χ1v) is 13.2. The van der Waals surface area contributed by atoms with Crippen molar-refractivity contribution in [2.45, 2.75) is 77.5 Å². The van der Waals surface area contributed by atoms with Crippen molar-refractivity contribution in [1.29, 1.82) is 0 Å². The van der Waals surface area contributed by atoms with Gasteiger partial charge in [0.25, 0.3) is 11.5 Å². The average Bonchev–Trinajstić information content (AvgIpc) is 2.85. The molecule has 1 atom stereocenters. The predicted molar refractivity (Wildman–Crippen MR) is 142 cm³/mol. The number of hydrogen-bond donors (Lipinski definition) is 2. The molecular weight excluding hydrogens is 501 g/mol. The normalized spacial score (nSPS) is 21.8. The van der Waals surface area contributed by atoms with Crippen molar-refractivity contribution in [2.75, 3.05) is 12.4 Å². The minimum atomic E-state index is -0.185. The Morgan fingerprint density at radius 3 is 2.42 bits per heavy atom. The van der Waals surface area contributed by atoms with Crippen LogP contribution in [0.15, 0.2) is 23.0 Å². The van der Waals surface area contributed by atoms with Gasteiger partial charge in [-0.2, -0.15) is 0 Å². The summed E-state index contributed by atoms with van der Waals surface area (Å²) in [6, 6.07) is 4.70. The van der Waals surface area contributed by atoms with E-state index in [0.29, 0.717) is 39.2 Å². The number of carbonyl (C=O) groups excluding carboxylic acids is 2. The highest BCUT2D eigenvalue weighted by atomic mass is 35.5. The maximum absolute atomic E-state index is 13.8. The summed E-state index contributed by atoms with van der Waals surface area (Å²) < 4.78 is 1.79. The summed E-state index contributed by atoms with van der Waals surface area (Å²) in [6.07, 6.45) is 3.36. The molecule has 36 heavy (non-hydrogen) atoms. The monoisotopic (exact) mass is 533 g/mol. The van der Waals surface area contributed by atoms with Crippen molar-refractivity contribution in [3.8, 4) is 0 Å². The van der Waals surface area contributed by atoms with Gasteiger partial charge in [0, 0.05) is 42.2 Å². The van der Waals surface area contributed by atoms with Crippen molar-refractivity contribution in [3.05, 3.63) is 55.4 Å². The molecule has 1 aromatic heterocycles. The molecule has 10 heteroatoms. The van der Waals surface area contributed by atoms with E-state index >= 15 is 0 Å². The Morgan fingerprint density at radius 1 is 1.11 bits per heavy atom. The van der Waals surface area contributed by atoms with Crippen LogP contribution < -0.4 is 16.2 Å². The topological polar surface area (TPSA) is 96.3 Å². The van der Waals surface area contributed by atoms with E-state index in [0.717, 1.165) is 25.7 Å². The molecule has 1 fully saturated rings. The summed E-state index contributed by atoms with van der Waals surface area (Å²) >= 11 is 12.2. The highest BCUT2D eigenvalue weighted by molar-refractivity contribution is 6.42. The Bertz CT molecular complexity index is 1220. The maximum Gasteiger partial charge on any atom is 0.258 e. The van der Waals surface area contributed by atoms with Gasteiger partial charge in [0.2, 0.25) is 11.9 Å². The minimum Gasteiger partial charge on any atom is -0.359 e. The Kier molecular flexibility index (Phi) is 7.95. The lowest BCUT2D eigenvalue weighted by Crippen LogP contribution is -2.47. The Labute approximate surface area is 221 Å². The van der Waals surface area contributed by atoms with Crippen molar-refractivity contribution in [1.82, 2.24) is 19.8 Å². The van der Waals surface area contributed by atoms with Crippen LogP contribution in [0.25, 0.3) is 0 Å². The van der Waals surface area contributed by atoms with Gasteiger partial charge in [-0.15, -0.1) is 0 Å². The molecule has 0 spiro atoms. The van der Waals surface area contributed by atoms with Crippen LogP contribution in [-0.2, 0) is 17.8 Å². The summed E-state index contributed by atoms with van der Waals surface area (Å²) in [6.45, 7) is 6.18. The lowest BCUT2D eigenvalue weighted by molar-refractivity contribution is -0.125. The number of nitrogens with zero attached hydrogens (tertiary/aromatic N) is 3. The summed E-state index contributed by atoms with van der Waals surface area (Å²) in [5.74, 6) is 0.387. The van der Waals surface area contributed by atoms with Crippen LogP contribution in [0.1, 0.15) is 74.1 Å². The van der Waals surface area contributed by atoms with E-state index in [1.807, 2.05) is 20.8 Å². The molecule has 0 unspecified atom stereocenters. The lowest BCUT2D eigenvalue weighted by atomic mass is 9.85. The van der Waals surface area contributed by atoms with E-state index in [4.69, 9.17) is 28.2 Å². The predicted octanol–water partition coefficient (Wildman–Crippen LogP) is 4.43. The molecule has 2 heterocycles. The Hall–Kier alpha value is -2.58. The number of aromatic nitrogens is 2. The molecule has 1 aliphatic carbocycles. The van der Waals surface area contributed by atoms with Crippen LogP contribution >= 0.6 is 23.2 Å². The molecule has 4 rings (SSSR count). The number of fused-ring (bicyclic) bond motifs is 1. The third-order valence-corrected chi connectivity index (χ3v) is 7.91. The van der Waals surface area contributed by atoms with Gasteiger partial charge in [0.05, 0.1) is 22.3 Å².